The van der Waals surface area contributed by atoms with Crippen molar-refractivity contribution in [3.8, 4) is 0 Å². The van der Waals surface area contributed by atoms with Crippen molar-refractivity contribution < 1.29 is 4.74 Å². The lowest BCUT2D eigenvalue weighted by molar-refractivity contribution is -0.106. The fraction of sp³-hybridized carbons (Fsp3) is 0.692. The number of anilines is 1. The molecular weight excluding hydrogens is 228 g/mol. The molecule has 2 N–H and O–H groups in total. The summed E-state index contributed by atoms with van der Waals surface area (Å²) in [5, 5.41) is 0. The van der Waals surface area contributed by atoms with Crippen LogP contribution in [0.5, 0.6) is 0 Å². The molecule has 0 fully saturated rings. The predicted molar refractivity (Wildman–Crippen MR) is 71.5 cm³/mol. The minimum absolute atomic E-state index is 0.330. The van der Waals surface area contributed by atoms with Gasteiger partial charge in [0.05, 0.1) is 11.3 Å². The average molecular weight is 250 g/mol. The zero-order chi connectivity index (χ0) is 13.6. The molecule has 0 spiro atoms. The van der Waals surface area contributed by atoms with Gasteiger partial charge in [-0.25, -0.2) is 9.97 Å². The fourth-order valence-electron chi connectivity index (χ4n) is 2.49. The SMILES string of the molecule is CN(CCN)c1ncc2c(n1)C(C)(C)OC2(C)C. The first-order valence-corrected chi connectivity index (χ1v) is 6.27. The summed E-state index contributed by atoms with van der Waals surface area (Å²) >= 11 is 0. The van der Waals surface area contributed by atoms with Gasteiger partial charge in [0.1, 0.15) is 5.60 Å². The van der Waals surface area contributed by atoms with Crippen molar-refractivity contribution in [2.75, 3.05) is 25.0 Å². The van der Waals surface area contributed by atoms with Crippen LogP contribution in [0.15, 0.2) is 6.20 Å². The monoisotopic (exact) mass is 250 g/mol. The molecule has 0 atom stereocenters. The van der Waals surface area contributed by atoms with E-state index in [9.17, 15) is 0 Å². The number of nitrogens with two attached hydrogens (primary N) is 1. The summed E-state index contributed by atoms with van der Waals surface area (Å²) in [5.74, 6) is 0.702. The van der Waals surface area contributed by atoms with Crippen molar-refractivity contribution in [3.63, 3.8) is 0 Å². The molecule has 1 aromatic heterocycles. The maximum atomic E-state index is 6.06. The maximum Gasteiger partial charge on any atom is 0.225 e. The predicted octanol–water partition coefficient (Wildman–Crippen LogP) is 1.37. The number of aromatic nitrogens is 2. The van der Waals surface area contributed by atoms with Gasteiger partial charge in [0.25, 0.3) is 0 Å². The molecule has 0 saturated heterocycles. The largest absolute Gasteiger partial charge is 0.359 e. The van der Waals surface area contributed by atoms with Gasteiger partial charge in [-0.3, -0.25) is 0 Å². The van der Waals surface area contributed by atoms with Crippen molar-refractivity contribution in [2.45, 2.75) is 38.9 Å². The van der Waals surface area contributed by atoms with Gasteiger partial charge in [-0.15, -0.1) is 0 Å². The molecule has 5 heteroatoms. The summed E-state index contributed by atoms with van der Waals surface area (Å²) in [5.41, 5.74) is 6.89. The van der Waals surface area contributed by atoms with Gasteiger partial charge in [-0.1, -0.05) is 0 Å². The molecule has 0 bridgehead atoms. The minimum atomic E-state index is -0.375. The van der Waals surface area contributed by atoms with Crippen molar-refractivity contribution in [1.29, 1.82) is 0 Å². The number of nitrogens with zero attached hydrogens (tertiary/aromatic N) is 3. The van der Waals surface area contributed by atoms with E-state index in [1.54, 1.807) is 0 Å². The van der Waals surface area contributed by atoms with Gasteiger partial charge < -0.3 is 15.4 Å². The van der Waals surface area contributed by atoms with Crippen LogP contribution in [0.1, 0.15) is 39.0 Å². The molecule has 0 amide bonds. The number of rotatable bonds is 3. The standard InChI is InChI=1S/C13H22N4O/c1-12(2)9-8-15-11(17(5)7-6-14)16-10(9)13(3,4)18-12/h8H,6-7,14H2,1-5H3. The van der Waals surface area contributed by atoms with Crippen molar-refractivity contribution >= 4 is 5.95 Å². The molecule has 2 heterocycles. The number of likely N-dealkylation sites (N-methyl/N-ethyl adjacent to an activating group) is 1. The Hall–Kier alpha value is -1.20. The number of hydrogen-bond acceptors (Lipinski definition) is 5. The second-order valence-corrected chi connectivity index (χ2v) is 5.77. The summed E-state index contributed by atoms with van der Waals surface area (Å²) in [6, 6.07) is 0. The fourth-order valence-corrected chi connectivity index (χ4v) is 2.49. The molecule has 100 valence electrons. The molecule has 0 unspecified atom stereocenters. The summed E-state index contributed by atoms with van der Waals surface area (Å²) in [4.78, 5) is 11.0. The summed E-state index contributed by atoms with van der Waals surface area (Å²) in [6.07, 6.45) is 1.87. The van der Waals surface area contributed by atoms with Gasteiger partial charge in [0.2, 0.25) is 5.95 Å². The van der Waals surface area contributed by atoms with Crippen LogP contribution in [0.2, 0.25) is 0 Å². The smallest absolute Gasteiger partial charge is 0.225 e. The van der Waals surface area contributed by atoms with Crippen LogP contribution in [-0.4, -0.2) is 30.1 Å². The van der Waals surface area contributed by atoms with Crippen LogP contribution < -0.4 is 10.6 Å². The highest BCUT2D eigenvalue weighted by Gasteiger charge is 2.44. The Morgan fingerprint density at radius 2 is 1.94 bits per heavy atom. The van der Waals surface area contributed by atoms with E-state index >= 15 is 0 Å². The van der Waals surface area contributed by atoms with E-state index in [0.29, 0.717) is 12.5 Å². The van der Waals surface area contributed by atoms with E-state index in [-0.39, 0.29) is 11.2 Å². The third-order valence-electron chi connectivity index (χ3n) is 3.31. The van der Waals surface area contributed by atoms with Crippen LogP contribution in [0.25, 0.3) is 0 Å². The molecule has 1 aromatic rings. The lowest BCUT2D eigenvalue weighted by atomic mass is 9.97. The molecular formula is C13H22N4O. The highest BCUT2D eigenvalue weighted by Crippen LogP contribution is 2.45. The summed E-state index contributed by atoms with van der Waals surface area (Å²) in [7, 11) is 1.95. The van der Waals surface area contributed by atoms with Crippen LogP contribution in [-0.2, 0) is 15.9 Å². The summed E-state index contributed by atoms with van der Waals surface area (Å²) < 4.78 is 6.06. The Balaban J connectivity index is 2.44. The van der Waals surface area contributed by atoms with Gasteiger partial charge in [-0.05, 0) is 27.7 Å². The second-order valence-electron chi connectivity index (χ2n) is 5.77. The molecule has 1 aliphatic rings. The van der Waals surface area contributed by atoms with E-state index < -0.39 is 0 Å². The third-order valence-corrected chi connectivity index (χ3v) is 3.31. The normalized spacial score (nSPS) is 19.7. The Labute approximate surface area is 108 Å². The van der Waals surface area contributed by atoms with Crippen molar-refractivity contribution in [1.82, 2.24) is 9.97 Å². The van der Waals surface area contributed by atoms with Gasteiger partial charge in [0, 0.05) is 31.9 Å². The van der Waals surface area contributed by atoms with Crippen molar-refractivity contribution in [3.05, 3.63) is 17.5 Å². The first kappa shape index (κ1) is 13.2. The topological polar surface area (TPSA) is 64.3 Å². The van der Waals surface area contributed by atoms with Gasteiger partial charge in [0.15, 0.2) is 0 Å². The minimum Gasteiger partial charge on any atom is -0.359 e. The van der Waals surface area contributed by atoms with Crippen LogP contribution >= 0.6 is 0 Å². The highest BCUT2D eigenvalue weighted by molar-refractivity contribution is 5.39. The molecule has 0 radical (unpaired) electrons. The Bertz CT molecular complexity index is 456. The quantitative estimate of drug-likeness (QED) is 0.877. The number of fused-ring (bicyclic) bond motifs is 1. The van der Waals surface area contributed by atoms with Crippen molar-refractivity contribution in [2.24, 2.45) is 5.73 Å². The van der Waals surface area contributed by atoms with E-state index in [2.05, 4.69) is 9.97 Å². The summed E-state index contributed by atoms with van der Waals surface area (Å²) in [6.45, 7) is 9.51. The molecule has 5 nitrogen and oxygen atoms in total. The zero-order valence-corrected chi connectivity index (χ0v) is 11.8. The average Bonchev–Trinajstić information content (AvgIpc) is 2.45. The molecule has 0 aromatic carbocycles. The molecule has 1 aliphatic heterocycles. The number of ether oxygens (including phenoxy) is 1. The highest BCUT2D eigenvalue weighted by atomic mass is 16.5. The third kappa shape index (κ3) is 2.08. The maximum absolute atomic E-state index is 6.06. The Kier molecular flexibility index (Phi) is 3.07. The Morgan fingerprint density at radius 1 is 1.28 bits per heavy atom. The molecule has 0 aliphatic carbocycles. The second kappa shape index (κ2) is 4.17. The molecule has 18 heavy (non-hydrogen) atoms. The lowest BCUT2D eigenvalue weighted by Crippen LogP contribution is -2.27. The first-order chi connectivity index (χ1) is 8.28. The van der Waals surface area contributed by atoms with E-state index in [1.165, 1.54) is 0 Å². The molecule has 2 rings (SSSR count). The molecule has 0 saturated carbocycles. The first-order valence-electron chi connectivity index (χ1n) is 6.27. The lowest BCUT2D eigenvalue weighted by Gasteiger charge is -2.24. The van der Waals surface area contributed by atoms with E-state index in [1.807, 2.05) is 45.8 Å². The Morgan fingerprint density at radius 3 is 2.56 bits per heavy atom. The van der Waals surface area contributed by atoms with Gasteiger partial charge >= 0.3 is 0 Å². The van der Waals surface area contributed by atoms with Crippen LogP contribution in [0.4, 0.5) is 5.95 Å². The van der Waals surface area contributed by atoms with Crippen LogP contribution in [0, 0.1) is 0 Å². The van der Waals surface area contributed by atoms with Crippen LogP contribution in [0.3, 0.4) is 0 Å². The van der Waals surface area contributed by atoms with Gasteiger partial charge in [-0.2, -0.15) is 0 Å². The van der Waals surface area contributed by atoms with E-state index in [0.717, 1.165) is 17.8 Å². The number of hydrogen-bond donors (Lipinski definition) is 1. The zero-order valence-electron chi connectivity index (χ0n) is 11.8. The van der Waals surface area contributed by atoms with E-state index in [4.69, 9.17) is 10.5 Å².